The molecule has 0 N–H and O–H groups in total. The molecular weight excluding hydrogens is 757 g/mol. The molecule has 1 atom stereocenters. The fourth-order valence-electron chi connectivity index (χ4n) is 8.45. The predicted molar refractivity (Wildman–Crippen MR) is 261 cm³/mol. The van der Waals surface area contributed by atoms with Crippen LogP contribution < -0.4 is 0 Å². The molecule has 0 aliphatic rings. The van der Waals surface area contributed by atoms with Gasteiger partial charge in [-0.15, -0.1) is 0 Å². The first-order chi connectivity index (χ1) is 30.0. The highest BCUT2D eigenvalue weighted by atomic mass is 16.6. The van der Waals surface area contributed by atoms with Crippen LogP contribution in [0.3, 0.4) is 0 Å². The van der Waals surface area contributed by atoms with Crippen molar-refractivity contribution in [2.45, 2.75) is 322 Å². The summed E-state index contributed by atoms with van der Waals surface area (Å²) in [6, 6.07) is 0. The van der Waals surface area contributed by atoms with E-state index in [9.17, 15) is 14.4 Å². The van der Waals surface area contributed by atoms with Crippen molar-refractivity contribution in [1.82, 2.24) is 0 Å². The Morgan fingerprint density at radius 2 is 0.443 bits per heavy atom. The third-order valence-corrected chi connectivity index (χ3v) is 12.6. The normalized spacial score (nSPS) is 11.9. The molecule has 0 aromatic heterocycles. The maximum atomic E-state index is 12.8. The predicted octanol–water partition coefficient (Wildman–Crippen LogP) is 18.0. The van der Waals surface area contributed by atoms with Gasteiger partial charge >= 0.3 is 17.9 Å². The number of unbranched alkanes of at least 4 members (excludes halogenated alkanes) is 40. The maximum absolute atomic E-state index is 12.8. The zero-order chi connectivity index (χ0) is 44.4. The van der Waals surface area contributed by atoms with Gasteiger partial charge in [-0.25, -0.2) is 0 Å². The largest absolute Gasteiger partial charge is 0.462 e. The molecule has 0 aliphatic heterocycles. The number of esters is 3. The van der Waals surface area contributed by atoms with Crippen LogP contribution in [0.4, 0.5) is 0 Å². The fraction of sp³-hybridized carbons (Fsp3) is 0.945. The SMILES string of the molecule is CCCCCCCCCCCCCCCCCCC(=O)OC[C@@H](COC(=O)CCCCCCCCCCCCCCC)OC(=O)CCCCCCCCCCCCCCCC. The molecule has 0 amide bonds. The van der Waals surface area contributed by atoms with Crippen LogP contribution in [-0.4, -0.2) is 37.2 Å². The Bertz CT molecular complexity index is 905. The minimum absolute atomic E-state index is 0.0613. The lowest BCUT2D eigenvalue weighted by Crippen LogP contribution is -2.30. The molecule has 0 saturated heterocycles. The molecule has 0 rings (SSSR count). The Morgan fingerprint density at radius 1 is 0.262 bits per heavy atom. The van der Waals surface area contributed by atoms with Crippen molar-refractivity contribution < 1.29 is 28.6 Å². The molecule has 0 radical (unpaired) electrons. The van der Waals surface area contributed by atoms with Gasteiger partial charge in [0.2, 0.25) is 0 Å². The molecule has 0 aromatic carbocycles. The van der Waals surface area contributed by atoms with Crippen LogP contribution in [0.15, 0.2) is 0 Å². The van der Waals surface area contributed by atoms with Crippen LogP contribution in [0.2, 0.25) is 0 Å². The summed E-state index contributed by atoms with van der Waals surface area (Å²) in [6.07, 6.45) is 55.1. The van der Waals surface area contributed by atoms with E-state index in [0.29, 0.717) is 19.3 Å². The highest BCUT2D eigenvalue weighted by molar-refractivity contribution is 5.71. The number of rotatable bonds is 51. The molecule has 0 unspecified atom stereocenters. The molecule has 6 heteroatoms. The molecule has 0 saturated carbocycles. The van der Waals surface area contributed by atoms with Crippen molar-refractivity contribution in [3.05, 3.63) is 0 Å². The van der Waals surface area contributed by atoms with Gasteiger partial charge in [0.05, 0.1) is 0 Å². The smallest absolute Gasteiger partial charge is 0.306 e. The summed E-state index contributed by atoms with van der Waals surface area (Å²) < 4.78 is 16.8. The summed E-state index contributed by atoms with van der Waals surface area (Å²) >= 11 is 0. The van der Waals surface area contributed by atoms with Crippen LogP contribution in [0.5, 0.6) is 0 Å². The lowest BCUT2D eigenvalue weighted by molar-refractivity contribution is -0.167. The van der Waals surface area contributed by atoms with Gasteiger partial charge in [-0.2, -0.15) is 0 Å². The average molecular weight is 863 g/mol. The molecule has 0 fully saturated rings. The van der Waals surface area contributed by atoms with Crippen LogP contribution in [0.1, 0.15) is 316 Å². The number of hydrogen-bond acceptors (Lipinski definition) is 6. The highest BCUT2D eigenvalue weighted by Crippen LogP contribution is 2.17. The van der Waals surface area contributed by atoms with Crippen molar-refractivity contribution >= 4 is 17.9 Å². The van der Waals surface area contributed by atoms with Crippen LogP contribution in [-0.2, 0) is 28.6 Å². The summed E-state index contributed by atoms with van der Waals surface area (Å²) in [5.74, 6) is -0.836. The zero-order valence-corrected chi connectivity index (χ0v) is 41.5. The van der Waals surface area contributed by atoms with E-state index in [1.54, 1.807) is 0 Å². The number of carbonyl (C=O) groups excluding carboxylic acids is 3. The van der Waals surface area contributed by atoms with E-state index in [-0.39, 0.29) is 31.1 Å². The maximum Gasteiger partial charge on any atom is 0.306 e. The van der Waals surface area contributed by atoms with Gasteiger partial charge in [0.1, 0.15) is 13.2 Å². The number of hydrogen-bond donors (Lipinski definition) is 0. The molecule has 6 nitrogen and oxygen atoms in total. The van der Waals surface area contributed by atoms with Gasteiger partial charge in [0.15, 0.2) is 6.10 Å². The minimum Gasteiger partial charge on any atom is -0.462 e. The van der Waals surface area contributed by atoms with Crippen LogP contribution in [0, 0.1) is 0 Å². The van der Waals surface area contributed by atoms with Crippen molar-refractivity contribution in [1.29, 1.82) is 0 Å². The van der Waals surface area contributed by atoms with E-state index in [2.05, 4.69) is 20.8 Å². The summed E-state index contributed by atoms with van der Waals surface area (Å²) in [4.78, 5) is 38.0. The Kier molecular flexibility index (Phi) is 49.7. The van der Waals surface area contributed by atoms with Gasteiger partial charge in [0.25, 0.3) is 0 Å². The third-order valence-electron chi connectivity index (χ3n) is 12.6. The summed E-state index contributed by atoms with van der Waals surface area (Å²) in [7, 11) is 0. The zero-order valence-electron chi connectivity index (χ0n) is 41.5. The Balaban J connectivity index is 4.29. The van der Waals surface area contributed by atoms with Gasteiger partial charge in [-0.05, 0) is 19.3 Å². The van der Waals surface area contributed by atoms with Crippen LogP contribution >= 0.6 is 0 Å². The first kappa shape index (κ1) is 59.4. The first-order valence-corrected chi connectivity index (χ1v) is 27.5. The van der Waals surface area contributed by atoms with Gasteiger partial charge in [-0.3, -0.25) is 14.4 Å². The molecule has 0 bridgehead atoms. The molecule has 0 aliphatic carbocycles. The van der Waals surface area contributed by atoms with E-state index in [1.165, 1.54) is 218 Å². The molecule has 0 heterocycles. The number of ether oxygens (including phenoxy) is 3. The van der Waals surface area contributed by atoms with Crippen LogP contribution in [0.25, 0.3) is 0 Å². The molecule has 362 valence electrons. The molecule has 0 spiro atoms. The second kappa shape index (κ2) is 51.0. The van der Waals surface area contributed by atoms with Gasteiger partial charge in [-0.1, -0.05) is 278 Å². The first-order valence-electron chi connectivity index (χ1n) is 27.5. The second-order valence-corrected chi connectivity index (χ2v) is 18.9. The molecular formula is C55H106O6. The Hall–Kier alpha value is -1.59. The van der Waals surface area contributed by atoms with E-state index in [4.69, 9.17) is 14.2 Å². The van der Waals surface area contributed by atoms with Gasteiger partial charge < -0.3 is 14.2 Å². The fourth-order valence-corrected chi connectivity index (χ4v) is 8.45. The minimum atomic E-state index is -0.760. The monoisotopic (exact) mass is 863 g/mol. The van der Waals surface area contributed by atoms with Crippen molar-refractivity contribution in [2.75, 3.05) is 13.2 Å². The van der Waals surface area contributed by atoms with E-state index >= 15 is 0 Å². The lowest BCUT2D eigenvalue weighted by atomic mass is 10.0. The highest BCUT2D eigenvalue weighted by Gasteiger charge is 2.19. The molecule has 61 heavy (non-hydrogen) atoms. The van der Waals surface area contributed by atoms with Crippen molar-refractivity contribution in [3.63, 3.8) is 0 Å². The van der Waals surface area contributed by atoms with E-state index in [1.807, 2.05) is 0 Å². The standard InChI is InChI=1S/C55H106O6/c1-4-7-10-13-16-19-22-25-27-28-31-33-36-39-42-45-48-54(57)60-51-52(50-59-53(56)47-44-41-38-35-32-29-24-21-18-15-12-9-6-3)61-55(58)49-46-43-40-37-34-30-26-23-20-17-14-11-8-5-2/h52H,4-51H2,1-3H3/t52-/m1/s1. The van der Waals surface area contributed by atoms with E-state index < -0.39 is 6.10 Å². The average Bonchev–Trinajstić information content (AvgIpc) is 3.26. The quantitative estimate of drug-likeness (QED) is 0.0344. The Morgan fingerprint density at radius 3 is 0.656 bits per heavy atom. The van der Waals surface area contributed by atoms with Crippen molar-refractivity contribution in [2.24, 2.45) is 0 Å². The molecule has 0 aromatic rings. The van der Waals surface area contributed by atoms with Crippen molar-refractivity contribution in [3.8, 4) is 0 Å². The third kappa shape index (κ3) is 49.3. The lowest BCUT2D eigenvalue weighted by Gasteiger charge is -2.18. The summed E-state index contributed by atoms with van der Waals surface area (Å²) in [5.41, 5.74) is 0. The Labute approximate surface area is 380 Å². The number of carbonyl (C=O) groups is 3. The summed E-state index contributed by atoms with van der Waals surface area (Å²) in [6.45, 7) is 6.69. The second-order valence-electron chi connectivity index (χ2n) is 18.9. The topological polar surface area (TPSA) is 78.9 Å². The summed E-state index contributed by atoms with van der Waals surface area (Å²) in [5, 5.41) is 0. The van der Waals surface area contributed by atoms with Gasteiger partial charge in [0, 0.05) is 19.3 Å². The van der Waals surface area contributed by atoms with E-state index in [0.717, 1.165) is 57.8 Å².